The highest BCUT2D eigenvalue weighted by Crippen LogP contribution is 2.15. The molecule has 0 radical (unpaired) electrons. The Morgan fingerprint density at radius 2 is 2.05 bits per heavy atom. The van der Waals surface area contributed by atoms with E-state index in [1.165, 1.54) is 11.1 Å². The van der Waals surface area contributed by atoms with Crippen LogP contribution in [0.4, 0.5) is 0 Å². The molecule has 4 heteroatoms. The first-order chi connectivity index (χ1) is 10.2. The first-order valence-electron chi connectivity index (χ1n) is 7.37. The van der Waals surface area contributed by atoms with Crippen molar-refractivity contribution < 1.29 is 4.42 Å². The molecule has 1 aromatic carbocycles. The topological polar surface area (TPSA) is 28.4 Å². The van der Waals surface area contributed by atoms with Crippen molar-refractivity contribution in [2.75, 3.05) is 13.6 Å². The zero-order valence-corrected chi connectivity index (χ0v) is 13.5. The predicted molar refractivity (Wildman–Crippen MR) is 87.3 cm³/mol. The van der Waals surface area contributed by atoms with Gasteiger partial charge in [-0.2, -0.15) is 0 Å². The molecular weight excluding hydrogens is 284 g/mol. The smallest absolute Gasteiger partial charge is 0.118 e. The lowest BCUT2D eigenvalue weighted by molar-refractivity contribution is 0.288. The first-order valence-corrected chi connectivity index (χ1v) is 7.75. The second kappa shape index (κ2) is 8.23. The van der Waals surface area contributed by atoms with Crippen molar-refractivity contribution in [3.63, 3.8) is 0 Å². The normalized spacial score (nSPS) is 11.2. The van der Waals surface area contributed by atoms with E-state index < -0.39 is 0 Å². The van der Waals surface area contributed by atoms with Gasteiger partial charge in [0.2, 0.25) is 0 Å². The van der Waals surface area contributed by atoms with Gasteiger partial charge in [0.05, 0.1) is 12.8 Å². The van der Waals surface area contributed by atoms with Crippen LogP contribution in [0.5, 0.6) is 0 Å². The molecule has 0 bridgehead atoms. The Bertz CT molecular complexity index is 553. The van der Waals surface area contributed by atoms with E-state index in [2.05, 4.69) is 36.3 Å². The molecule has 21 heavy (non-hydrogen) atoms. The fourth-order valence-corrected chi connectivity index (χ4v) is 2.49. The summed E-state index contributed by atoms with van der Waals surface area (Å²) in [6.45, 7) is 5.72. The lowest BCUT2D eigenvalue weighted by atomic mass is 10.2. The monoisotopic (exact) mass is 306 g/mol. The molecular formula is C17H23ClN2O. The van der Waals surface area contributed by atoms with Gasteiger partial charge in [-0.3, -0.25) is 4.90 Å². The molecule has 1 aromatic heterocycles. The summed E-state index contributed by atoms with van der Waals surface area (Å²) in [5, 5.41) is 4.16. The Kier molecular flexibility index (Phi) is 6.30. The van der Waals surface area contributed by atoms with Gasteiger partial charge in [-0.05, 0) is 43.8 Å². The molecule has 2 aromatic rings. The van der Waals surface area contributed by atoms with E-state index in [1.54, 1.807) is 0 Å². The van der Waals surface area contributed by atoms with Crippen LogP contribution in [-0.2, 0) is 19.6 Å². The van der Waals surface area contributed by atoms with Crippen molar-refractivity contribution >= 4 is 11.6 Å². The van der Waals surface area contributed by atoms with Gasteiger partial charge < -0.3 is 9.73 Å². The molecule has 0 aliphatic heterocycles. The van der Waals surface area contributed by atoms with Crippen LogP contribution in [0.15, 0.2) is 41.0 Å². The Hall–Kier alpha value is -1.29. The molecule has 0 atom stereocenters. The second-order valence-electron chi connectivity index (χ2n) is 5.40. The van der Waals surface area contributed by atoms with E-state index in [0.29, 0.717) is 0 Å². The third-order valence-corrected chi connectivity index (χ3v) is 3.47. The number of hydrogen-bond donors (Lipinski definition) is 1. The van der Waals surface area contributed by atoms with Crippen molar-refractivity contribution in [3.8, 4) is 0 Å². The molecule has 3 nitrogen and oxygen atoms in total. The summed E-state index contributed by atoms with van der Waals surface area (Å²) in [6, 6.07) is 10.1. The third-order valence-electron chi connectivity index (χ3n) is 3.23. The molecule has 0 fully saturated rings. The number of halogens is 1. The van der Waals surface area contributed by atoms with Gasteiger partial charge in [0, 0.05) is 23.7 Å². The lowest BCUT2D eigenvalue weighted by Crippen LogP contribution is -2.17. The fraction of sp³-hybridized carbons (Fsp3) is 0.412. The summed E-state index contributed by atoms with van der Waals surface area (Å²) in [5.41, 5.74) is 2.41. The predicted octanol–water partition coefficient (Wildman–Crippen LogP) is 4.06. The molecule has 0 aliphatic carbocycles. The number of nitrogens with zero attached hydrogens (tertiary/aromatic N) is 1. The van der Waals surface area contributed by atoms with E-state index in [1.807, 2.05) is 24.5 Å². The molecule has 0 amide bonds. The van der Waals surface area contributed by atoms with Gasteiger partial charge in [0.15, 0.2) is 0 Å². The highest BCUT2D eigenvalue weighted by molar-refractivity contribution is 6.30. The Morgan fingerprint density at radius 3 is 2.81 bits per heavy atom. The molecule has 1 heterocycles. The quantitative estimate of drug-likeness (QED) is 0.745. The molecule has 0 aliphatic rings. The minimum Gasteiger partial charge on any atom is -0.468 e. The van der Waals surface area contributed by atoms with E-state index in [-0.39, 0.29) is 0 Å². The molecule has 0 spiro atoms. The van der Waals surface area contributed by atoms with Gasteiger partial charge in [-0.1, -0.05) is 30.7 Å². The molecule has 2 rings (SSSR count). The van der Waals surface area contributed by atoms with Crippen LogP contribution < -0.4 is 5.32 Å². The number of hydrogen-bond acceptors (Lipinski definition) is 3. The summed E-state index contributed by atoms with van der Waals surface area (Å²) >= 11 is 6.01. The van der Waals surface area contributed by atoms with E-state index in [4.69, 9.17) is 16.0 Å². The van der Waals surface area contributed by atoms with Gasteiger partial charge >= 0.3 is 0 Å². The van der Waals surface area contributed by atoms with Crippen LogP contribution in [0.1, 0.15) is 30.2 Å². The highest BCUT2D eigenvalue weighted by Gasteiger charge is 2.06. The standard InChI is InChI=1S/C17H23ClN2O/c1-3-7-19-10-15-9-17(21-13-15)12-20(2)11-14-5-4-6-16(18)8-14/h4-6,8-9,13,19H,3,7,10-12H2,1-2H3. The molecule has 1 N–H and O–H groups in total. The van der Waals surface area contributed by atoms with Crippen molar-refractivity contribution in [3.05, 3.63) is 58.5 Å². The third kappa shape index (κ3) is 5.54. The van der Waals surface area contributed by atoms with Gasteiger partial charge in [-0.15, -0.1) is 0 Å². The largest absolute Gasteiger partial charge is 0.468 e. The van der Waals surface area contributed by atoms with Crippen molar-refractivity contribution in [2.45, 2.75) is 33.0 Å². The van der Waals surface area contributed by atoms with Gasteiger partial charge in [-0.25, -0.2) is 0 Å². The molecule has 114 valence electrons. The van der Waals surface area contributed by atoms with Crippen LogP contribution in [0.2, 0.25) is 5.02 Å². The lowest BCUT2D eigenvalue weighted by Gasteiger charge is -2.15. The minimum atomic E-state index is 0.781. The van der Waals surface area contributed by atoms with Crippen LogP contribution in [0, 0.1) is 0 Å². The highest BCUT2D eigenvalue weighted by atomic mass is 35.5. The summed E-state index contributed by atoms with van der Waals surface area (Å²) in [4.78, 5) is 2.22. The number of benzene rings is 1. The zero-order valence-electron chi connectivity index (χ0n) is 12.7. The average Bonchev–Trinajstić information content (AvgIpc) is 2.86. The number of furan rings is 1. The van der Waals surface area contributed by atoms with Crippen molar-refractivity contribution in [1.29, 1.82) is 0 Å². The van der Waals surface area contributed by atoms with Crippen LogP contribution in [-0.4, -0.2) is 18.5 Å². The zero-order chi connectivity index (χ0) is 15.1. The first kappa shape index (κ1) is 16.1. The van der Waals surface area contributed by atoms with Crippen molar-refractivity contribution in [1.82, 2.24) is 10.2 Å². The van der Waals surface area contributed by atoms with Gasteiger partial charge in [0.1, 0.15) is 5.76 Å². The van der Waals surface area contributed by atoms with Gasteiger partial charge in [0.25, 0.3) is 0 Å². The van der Waals surface area contributed by atoms with Crippen LogP contribution in [0.25, 0.3) is 0 Å². The fourth-order valence-electron chi connectivity index (χ4n) is 2.28. The average molecular weight is 307 g/mol. The molecule has 0 saturated heterocycles. The Morgan fingerprint density at radius 1 is 1.19 bits per heavy atom. The van der Waals surface area contributed by atoms with E-state index in [0.717, 1.165) is 43.4 Å². The summed E-state index contributed by atoms with van der Waals surface area (Å²) < 4.78 is 5.62. The Balaban J connectivity index is 1.83. The molecule has 0 unspecified atom stereocenters. The van der Waals surface area contributed by atoms with E-state index >= 15 is 0 Å². The second-order valence-corrected chi connectivity index (χ2v) is 5.84. The maximum absolute atomic E-state index is 6.01. The van der Waals surface area contributed by atoms with Crippen LogP contribution in [0.3, 0.4) is 0 Å². The van der Waals surface area contributed by atoms with Crippen LogP contribution >= 0.6 is 11.6 Å². The maximum Gasteiger partial charge on any atom is 0.118 e. The Labute approximate surface area is 131 Å². The van der Waals surface area contributed by atoms with Crippen molar-refractivity contribution in [2.24, 2.45) is 0 Å². The van der Waals surface area contributed by atoms with E-state index in [9.17, 15) is 0 Å². The molecule has 0 saturated carbocycles. The number of nitrogens with one attached hydrogen (secondary N) is 1. The maximum atomic E-state index is 6.01. The summed E-state index contributed by atoms with van der Waals surface area (Å²) in [7, 11) is 2.08. The SMILES string of the molecule is CCCNCc1coc(CN(C)Cc2cccc(Cl)c2)c1. The minimum absolute atomic E-state index is 0.781. The number of rotatable bonds is 8. The summed E-state index contributed by atoms with van der Waals surface area (Å²) in [6.07, 6.45) is 2.98. The summed E-state index contributed by atoms with van der Waals surface area (Å²) in [5.74, 6) is 0.993.